The molecule has 2 aromatic carbocycles. The van der Waals surface area contributed by atoms with Crippen molar-refractivity contribution in [3.05, 3.63) is 59.7 Å². The van der Waals surface area contributed by atoms with Crippen molar-refractivity contribution in [3.63, 3.8) is 0 Å². The zero-order valence-electron chi connectivity index (χ0n) is 12.6. The van der Waals surface area contributed by atoms with E-state index in [-0.39, 0.29) is 5.92 Å². The van der Waals surface area contributed by atoms with Crippen LogP contribution < -0.4 is 15.4 Å². The van der Waals surface area contributed by atoms with Gasteiger partial charge in [0.2, 0.25) is 0 Å². The van der Waals surface area contributed by atoms with Gasteiger partial charge in [0.05, 0.1) is 12.2 Å². The van der Waals surface area contributed by atoms with Crippen LogP contribution in [0.15, 0.2) is 48.5 Å². The highest BCUT2D eigenvalue weighted by molar-refractivity contribution is 5.89. The van der Waals surface area contributed by atoms with Crippen molar-refractivity contribution in [3.8, 4) is 5.75 Å². The number of hydrogen-bond donors (Lipinski definition) is 2. The van der Waals surface area contributed by atoms with Crippen LogP contribution >= 0.6 is 0 Å². The van der Waals surface area contributed by atoms with E-state index in [0.29, 0.717) is 18.8 Å². The summed E-state index contributed by atoms with van der Waals surface area (Å²) in [5.41, 5.74) is 0.573. The summed E-state index contributed by atoms with van der Waals surface area (Å²) >= 11 is 0. The molecule has 2 aromatic rings. The SMILES string of the molecule is O=C(NC[C@@H]1COc2ccccc21)Nc1ccc(C(F)(F)F)cc1. The van der Waals surface area contributed by atoms with Gasteiger partial charge in [-0.05, 0) is 30.3 Å². The highest BCUT2D eigenvalue weighted by Gasteiger charge is 2.30. The maximum absolute atomic E-state index is 12.5. The summed E-state index contributed by atoms with van der Waals surface area (Å²) in [6.45, 7) is 0.864. The Bertz CT molecular complexity index is 729. The van der Waals surface area contributed by atoms with Gasteiger partial charge in [0, 0.05) is 23.7 Å². The van der Waals surface area contributed by atoms with E-state index in [4.69, 9.17) is 4.74 Å². The average Bonchev–Trinajstić information content (AvgIpc) is 2.96. The number of rotatable bonds is 3. The van der Waals surface area contributed by atoms with Crippen molar-refractivity contribution in [1.82, 2.24) is 5.32 Å². The minimum absolute atomic E-state index is 0.0551. The Kier molecular flexibility index (Phi) is 4.33. The van der Waals surface area contributed by atoms with E-state index in [1.807, 2.05) is 24.3 Å². The molecular weight excluding hydrogens is 321 g/mol. The number of nitrogens with one attached hydrogen (secondary N) is 2. The number of hydrogen-bond acceptors (Lipinski definition) is 2. The van der Waals surface area contributed by atoms with Gasteiger partial charge < -0.3 is 15.4 Å². The summed E-state index contributed by atoms with van der Waals surface area (Å²) in [4.78, 5) is 11.9. The topological polar surface area (TPSA) is 50.4 Å². The summed E-state index contributed by atoms with van der Waals surface area (Å²) in [7, 11) is 0. The molecule has 4 nitrogen and oxygen atoms in total. The fourth-order valence-electron chi connectivity index (χ4n) is 2.53. The van der Waals surface area contributed by atoms with Crippen molar-refractivity contribution >= 4 is 11.7 Å². The molecule has 1 heterocycles. The molecule has 24 heavy (non-hydrogen) atoms. The molecule has 0 fully saturated rings. The Morgan fingerprint density at radius 2 is 1.83 bits per heavy atom. The number of benzene rings is 2. The first-order valence-corrected chi connectivity index (χ1v) is 7.37. The summed E-state index contributed by atoms with van der Waals surface area (Å²) in [6, 6.07) is 11.4. The Hall–Kier alpha value is -2.70. The molecule has 0 saturated heterocycles. The number of carbonyl (C=O) groups is 1. The molecule has 0 bridgehead atoms. The van der Waals surface area contributed by atoms with E-state index >= 15 is 0 Å². The maximum Gasteiger partial charge on any atom is 0.416 e. The van der Waals surface area contributed by atoms with Crippen LogP contribution in [0.2, 0.25) is 0 Å². The van der Waals surface area contributed by atoms with Crippen LogP contribution in [-0.2, 0) is 6.18 Å². The van der Waals surface area contributed by atoms with Gasteiger partial charge in [-0.1, -0.05) is 18.2 Å². The smallest absolute Gasteiger partial charge is 0.416 e. The molecule has 0 radical (unpaired) electrons. The lowest BCUT2D eigenvalue weighted by Crippen LogP contribution is -2.32. The predicted molar refractivity (Wildman–Crippen MR) is 83.1 cm³/mol. The van der Waals surface area contributed by atoms with Crippen LogP contribution in [-0.4, -0.2) is 19.2 Å². The van der Waals surface area contributed by atoms with E-state index < -0.39 is 17.8 Å². The van der Waals surface area contributed by atoms with Gasteiger partial charge in [-0.2, -0.15) is 13.2 Å². The lowest BCUT2D eigenvalue weighted by atomic mass is 10.0. The number of amides is 2. The molecule has 1 atom stereocenters. The molecule has 1 aliphatic heterocycles. The third-order valence-electron chi connectivity index (χ3n) is 3.78. The van der Waals surface area contributed by atoms with E-state index in [9.17, 15) is 18.0 Å². The molecule has 0 saturated carbocycles. The van der Waals surface area contributed by atoms with Crippen LogP contribution in [0, 0.1) is 0 Å². The summed E-state index contributed by atoms with van der Waals surface area (Å²) in [6.07, 6.45) is -4.39. The second-order valence-corrected chi connectivity index (χ2v) is 5.46. The molecule has 126 valence electrons. The highest BCUT2D eigenvalue weighted by Crippen LogP contribution is 2.33. The van der Waals surface area contributed by atoms with Gasteiger partial charge in [-0.25, -0.2) is 4.79 Å². The zero-order valence-corrected chi connectivity index (χ0v) is 12.6. The van der Waals surface area contributed by atoms with Gasteiger partial charge in [-0.3, -0.25) is 0 Å². The largest absolute Gasteiger partial charge is 0.493 e. The zero-order chi connectivity index (χ0) is 17.2. The minimum atomic E-state index is -4.39. The van der Waals surface area contributed by atoms with E-state index in [1.54, 1.807) is 0 Å². The number of para-hydroxylation sites is 1. The van der Waals surface area contributed by atoms with Crippen LogP contribution in [0.5, 0.6) is 5.75 Å². The molecule has 7 heteroatoms. The molecule has 0 aliphatic carbocycles. The molecule has 0 unspecified atom stereocenters. The van der Waals surface area contributed by atoms with Crippen LogP contribution in [0.25, 0.3) is 0 Å². The average molecular weight is 336 g/mol. The number of anilines is 1. The van der Waals surface area contributed by atoms with Crippen LogP contribution in [0.4, 0.5) is 23.7 Å². The van der Waals surface area contributed by atoms with Crippen molar-refractivity contribution in [2.45, 2.75) is 12.1 Å². The van der Waals surface area contributed by atoms with Crippen LogP contribution in [0.3, 0.4) is 0 Å². The first-order chi connectivity index (χ1) is 11.4. The Morgan fingerprint density at radius 3 is 2.54 bits per heavy atom. The molecular formula is C17H15F3N2O2. The summed E-state index contributed by atoms with van der Waals surface area (Å²) in [5.74, 6) is 0.868. The second kappa shape index (κ2) is 6.43. The normalized spacial score (nSPS) is 16.2. The number of carbonyl (C=O) groups excluding carboxylic acids is 1. The summed E-state index contributed by atoms with van der Waals surface area (Å²) in [5, 5.41) is 5.22. The van der Waals surface area contributed by atoms with Gasteiger partial charge in [0.1, 0.15) is 5.75 Å². The number of alkyl halides is 3. The van der Waals surface area contributed by atoms with E-state index in [0.717, 1.165) is 23.4 Å². The standard InChI is InChI=1S/C17H15F3N2O2/c18-17(19,20)12-5-7-13(8-6-12)22-16(23)21-9-11-10-24-15-4-2-1-3-14(11)15/h1-8,11H,9-10H2,(H2,21,22,23)/t11-/m1/s1. The highest BCUT2D eigenvalue weighted by atomic mass is 19.4. The minimum Gasteiger partial charge on any atom is -0.493 e. The fraction of sp³-hybridized carbons (Fsp3) is 0.235. The van der Waals surface area contributed by atoms with Crippen molar-refractivity contribution < 1.29 is 22.7 Å². The molecule has 3 rings (SSSR count). The van der Waals surface area contributed by atoms with Gasteiger partial charge in [0.15, 0.2) is 0 Å². The second-order valence-electron chi connectivity index (χ2n) is 5.46. The molecule has 1 aliphatic rings. The van der Waals surface area contributed by atoms with Gasteiger partial charge in [0.25, 0.3) is 0 Å². The Balaban J connectivity index is 1.53. The Labute approximate surface area is 136 Å². The first kappa shape index (κ1) is 16.2. The van der Waals surface area contributed by atoms with Crippen molar-refractivity contribution in [1.29, 1.82) is 0 Å². The maximum atomic E-state index is 12.5. The lowest BCUT2D eigenvalue weighted by molar-refractivity contribution is -0.137. The number of fused-ring (bicyclic) bond motifs is 1. The predicted octanol–water partition coefficient (Wildman–Crippen LogP) is 4.00. The molecule has 2 N–H and O–H groups in total. The van der Waals surface area contributed by atoms with Crippen LogP contribution in [0.1, 0.15) is 17.0 Å². The third-order valence-corrected chi connectivity index (χ3v) is 3.78. The van der Waals surface area contributed by atoms with Crippen molar-refractivity contribution in [2.24, 2.45) is 0 Å². The first-order valence-electron chi connectivity index (χ1n) is 7.37. The van der Waals surface area contributed by atoms with Gasteiger partial charge >= 0.3 is 12.2 Å². The third kappa shape index (κ3) is 3.61. The Morgan fingerprint density at radius 1 is 1.12 bits per heavy atom. The van der Waals surface area contributed by atoms with Gasteiger partial charge in [-0.15, -0.1) is 0 Å². The lowest BCUT2D eigenvalue weighted by Gasteiger charge is -2.12. The van der Waals surface area contributed by atoms with E-state index in [2.05, 4.69) is 10.6 Å². The fourth-order valence-corrected chi connectivity index (χ4v) is 2.53. The number of ether oxygens (including phenoxy) is 1. The monoisotopic (exact) mass is 336 g/mol. The number of urea groups is 1. The number of halogens is 3. The van der Waals surface area contributed by atoms with E-state index in [1.165, 1.54) is 12.1 Å². The summed E-state index contributed by atoms with van der Waals surface area (Å²) < 4.78 is 43.0. The van der Waals surface area contributed by atoms with Crippen molar-refractivity contribution in [2.75, 3.05) is 18.5 Å². The quantitative estimate of drug-likeness (QED) is 0.890. The molecule has 0 spiro atoms. The molecule has 0 aromatic heterocycles. The molecule has 2 amide bonds.